The Morgan fingerprint density at radius 2 is 1.96 bits per heavy atom. The number of nitrogens with zero attached hydrogens (tertiary/aromatic N) is 4. The third-order valence-electron chi connectivity index (χ3n) is 3.83. The van der Waals surface area contributed by atoms with Gasteiger partial charge in [0, 0.05) is 44.3 Å². The highest BCUT2D eigenvalue weighted by atomic mass is 16.2. The minimum absolute atomic E-state index is 0.0794. The molecule has 6 nitrogen and oxygen atoms in total. The van der Waals surface area contributed by atoms with Gasteiger partial charge in [0.1, 0.15) is 12.4 Å². The van der Waals surface area contributed by atoms with Gasteiger partial charge < -0.3 is 10.2 Å². The number of hydrogen-bond acceptors (Lipinski definition) is 4. The summed E-state index contributed by atoms with van der Waals surface area (Å²) in [6.07, 6.45) is 5.19. The standard InChI is InChI=1S/C19H21N5O/c1-23(14-16-7-3-2-4-8-16)19-17(9-5-10-20-19)13-21-18(25)15-24-12-6-11-22-24/h2-12H,13-15H2,1H3,(H,21,25). The predicted molar refractivity (Wildman–Crippen MR) is 96.9 cm³/mol. The quantitative estimate of drug-likeness (QED) is 0.719. The van der Waals surface area contributed by atoms with E-state index in [9.17, 15) is 4.79 Å². The summed E-state index contributed by atoms with van der Waals surface area (Å²) in [5.74, 6) is 0.787. The van der Waals surface area contributed by atoms with Gasteiger partial charge in [-0.1, -0.05) is 36.4 Å². The molecule has 0 saturated heterocycles. The summed E-state index contributed by atoms with van der Waals surface area (Å²) in [6.45, 7) is 1.40. The number of amides is 1. The van der Waals surface area contributed by atoms with Crippen molar-refractivity contribution in [2.45, 2.75) is 19.6 Å². The first-order valence-electron chi connectivity index (χ1n) is 8.15. The average Bonchev–Trinajstić information content (AvgIpc) is 3.14. The molecule has 1 N–H and O–H groups in total. The van der Waals surface area contributed by atoms with Crippen LogP contribution in [0.1, 0.15) is 11.1 Å². The molecule has 3 aromatic rings. The number of carbonyl (C=O) groups is 1. The van der Waals surface area contributed by atoms with Crippen molar-refractivity contribution in [2.24, 2.45) is 0 Å². The van der Waals surface area contributed by atoms with E-state index in [0.717, 1.165) is 17.9 Å². The second kappa shape index (κ2) is 8.10. The second-order valence-corrected chi connectivity index (χ2v) is 5.81. The van der Waals surface area contributed by atoms with Crippen molar-refractivity contribution in [1.29, 1.82) is 0 Å². The monoisotopic (exact) mass is 335 g/mol. The molecule has 2 heterocycles. The van der Waals surface area contributed by atoms with Crippen LogP contribution in [0.3, 0.4) is 0 Å². The number of benzene rings is 1. The maximum atomic E-state index is 12.0. The number of pyridine rings is 1. The fraction of sp³-hybridized carbons (Fsp3) is 0.211. The summed E-state index contributed by atoms with van der Waals surface area (Å²) in [5.41, 5.74) is 2.19. The van der Waals surface area contributed by atoms with E-state index in [2.05, 4.69) is 32.4 Å². The van der Waals surface area contributed by atoms with Crippen LogP contribution in [0.2, 0.25) is 0 Å². The molecule has 0 bridgehead atoms. The normalized spacial score (nSPS) is 10.4. The van der Waals surface area contributed by atoms with E-state index in [1.165, 1.54) is 5.56 Å². The molecule has 0 atom stereocenters. The number of hydrogen-bond donors (Lipinski definition) is 1. The van der Waals surface area contributed by atoms with Crippen molar-refractivity contribution in [3.8, 4) is 0 Å². The number of anilines is 1. The van der Waals surface area contributed by atoms with Crippen molar-refractivity contribution in [3.63, 3.8) is 0 Å². The topological polar surface area (TPSA) is 63.1 Å². The molecule has 0 saturated carbocycles. The van der Waals surface area contributed by atoms with Gasteiger partial charge in [-0.25, -0.2) is 4.98 Å². The molecule has 0 fully saturated rings. The zero-order valence-electron chi connectivity index (χ0n) is 14.2. The number of rotatable bonds is 7. The van der Waals surface area contributed by atoms with Gasteiger partial charge in [-0.3, -0.25) is 9.48 Å². The van der Waals surface area contributed by atoms with Gasteiger partial charge in [0.15, 0.2) is 0 Å². The third-order valence-corrected chi connectivity index (χ3v) is 3.83. The lowest BCUT2D eigenvalue weighted by atomic mass is 10.2. The average molecular weight is 335 g/mol. The largest absolute Gasteiger partial charge is 0.355 e. The molecule has 0 aliphatic rings. The lowest BCUT2D eigenvalue weighted by molar-refractivity contribution is -0.122. The molecular weight excluding hydrogens is 314 g/mol. The first-order valence-corrected chi connectivity index (χ1v) is 8.15. The molecule has 6 heteroatoms. The maximum Gasteiger partial charge on any atom is 0.241 e. The van der Waals surface area contributed by atoms with E-state index in [4.69, 9.17) is 0 Å². The van der Waals surface area contributed by atoms with Crippen LogP contribution in [0.15, 0.2) is 67.1 Å². The van der Waals surface area contributed by atoms with E-state index in [0.29, 0.717) is 6.54 Å². The summed E-state index contributed by atoms with van der Waals surface area (Å²) >= 11 is 0. The van der Waals surface area contributed by atoms with Crippen molar-refractivity contribution >= 4 is 11.7 Å². The Kier molecular flexibility index (Phi) is 5.41. The van der Waals surface area contributed by atoms with Crippen LogP contribution < -0.4 is 10.2 Å². The molecule has 2 aromatic heterocycles. The molecule has 1 amide bonds. The number of carbonyl (C=O) groups excluding carboxylic acids is 1. The van der Waals surface area contributed by atoms with E-state index >= 15 is 0 Å². The van der Waals surface area contributed by atoms with Crippen LogP contribution in [-0.4, -0.2) is 27.7 Å². The van der Waals surface area contributed by atoms with E-state index in [1.54, 1.807) is 29.3 Å². The Morgan fingerprint density at radius 3 is 2.72 bits per heavy atom. The van der Waals surface area contributed by atoms with Crippen LogP contribution in [-0.2, 0) is 24.4 Å². The van der Waals surface area contributed by atoms with Gasteiger partial charge in [-0.15, -0.1) is 0 Å². The predicted octanol–water partition coefficient (Wildman–Crippen LogP) is 2.23. The van der Waals surface area contributed by atoms with E-state index in [-0.39, 0.29) is 12.5 Å². The molecule has 0 radical (unpaired) electrons. The van der Waals surface area contributed by atoms with E-state index < -0.39 is 0 Å². The molecule has 0 aliphatic carbocycles. The molecular formula is C19H21N5O. The van der Waals surface area contributed by atoms with Gasteiger partial charge in [0.25, 0.3) is 0 Å². The molecule has 1 aromatic carbocycles. The molecule has 25 heavy (non-hydrogen) atoms. The first kappa shape index (κ1) is 16.7. The van der Waals surface area contributed by atoms with Crippen LogP contribution in [0.4, 0.5) is 5.82 Å². The molecule has 0 unspecified atom stereocenters. The van der Waals surface area contributed by atoms with Gasteiger partial charge in [-0.2, -0.15) is 5.10 Å². The Balaban J connectivity index is 1.63. The molecule has 3 rings (SSSR count). The van der Waals surface area contributed by atoms with Crippen molar-refractivity contribution in [2.75, 3.05) is 11.9 Å². The van der Waals surface area contributed by atoms with Crippen LogP contribution in [0.5, 0.6) is 0 Å². The number of aromatic nitrogens is 3. The highest BCUT2D eigenvalue weighted by Gasteiger charge is 2.11. The Morgan fingerprint density at radius 1 is 1.12 bits per heavy atom. The van der Waals surface area contributed by atoms with Crippen LogP contribution in [0, 0.1) is 0 Å². The van der Waals surface area contributed by atoms with Gasteiger partial charge >= 0.3 is 0 Å². The summed E-state index contributed by atoms with van der Waals surface area (Å²) < 4.78 is 1.60. The van der Waals surface area contributed by atoms with Gasteiger partial charge in [0.05, 0.1) is 0 Å². The van der Waals surface area contributed by atoms with Gasteiger partial charge in [-0.05, 0) is 17.7 Å². The maximum absolute atomic E-state index is 12.0. The second-order valence-electron chi connectivity index (χ2n) is 5.81. The highest BCUT2D eigenvalue weighted by Crippen LogP contribution is 2.18. The molecule has 128 valence electrons. The van der Waals surface area contributed by atoms with Crippen molar-refractivity contribution in [3.05, 3.63) is 78.2 Å². The summed E-state index contributed by atoms with van der Waals surface area (Å²) in [7, 11) is 2.00. The summed E-state index contributed by atoms with van der Waals surface area (Å²) in [5, 5.41) is 6.97. The SMILES string of the molecule is CN(Cc1ccccc1)c1ncccc1CNC(=O)Cn1cccn1. The summed E-state index contributed by atoms with van der Waals surface area (Å²) in [4.78, 5) is 18.6. The highest BCUT2D eigenvalue weighted by molar-refractivity contribution is 5.75. The summed E-state index contributed by atoms with van der Waals surface area (Å²) in [6, 6.07) is 15.9. The minimum atomic E-state index is -0.0794. The lowest BCUT2D eigenvalue weighted by Crippen LogP contribution is -2.28. The lowest BCUT2D eigenvalue weighted by Gasteiger charge is -2.21. The van der Waals surface area contributed by atoms with Crippen molar-refractivity contribution < 1.29 is 4.79 Å². The zero-order chi connectivity index (χ0) is 17.5. The number of nitrogens with one attached hydrogen (secondary N) is 1. The van der Waals surface area contributed by atoms with E-state index in [1.807, 2.05) is 37.4 Å². The fourth-order valence-electron chi connectivity index (χ4n) is 2.63. The van der Waals surface area contributed by atoms with Crippen molar-refractivity contribution in [1.82, 2.24) is 20.1 Å². The third kappa shape index (κ3) is 4.67. The zero-order valence-corrected chi connectivity index (χ0v) is 14.2. The minimum Gasteiger partial charge on any atom is -0.355 e. The van der Waals surface area contributed by atoms with Gasteiger partial charge in [0.2, 0.25) is 5.91 Å². The molecule has 0 aliphatic heterocycles. The Bertz CT molecular complexity index is 802. The smallest absolute Gasteiger partial charge is 0.241 e. The fourth-order valence-corrected chi connectivity index (χ4v) is 2.63. The Hall–Kier alpha value is -3.15. The van der Waals surface area contributed by atoms with Crippen LogP contribution in [0.25, 0.3) is 0 Å². The first-order chi connectivity index (χ1) is 12.2. The molecule has 0 spiro atoms. The van der Waals surface area contributed by atoms with Crippen LogP contribution >= 0.6 is 0 Å². The Labute approximate surface area is 147 Å².